The van der Waals surface area contributed by atoms with Crippen LogP contribution in [0.5, 0.6) is 11.5 Å². The summed E-state index contributed by atoms with van der Waals surface area (Å²) >= 11 is 0. The zero-order valence-electron chi connectivity index (χ0n) is 17.5. The van der Waals surface area contributed by atoms with Crippen molar-refractivity contribution in [2.24, 2.45) is 14.1 Å². The van der Waals surface area contributed by atoms with Crippen LogP contribution in [-0.4, -0.2) is 42.0 Å². The lowest BCUT2D eigenvalue weighted by molar-refractivity contribution is 0.403. The minimum absolute atomic E-state index is 0.0776. The number of phenolic OH excluding ortho intramolecular Hbond substituents is 2. The third-order valence-electron chi connectivity index (χ3n) is 5.33. The summed E-state index contributed by atoms with van der Waals surface area (Å²) in [4.78, 5) is 28.6. The van der Waals surface area contributed by atoms with Crippen LogP contribution in [0.1, 0.15) is 31.2 Å². The van der Waals surface area contributed by atoms with Gasteiger partial charge in [-0.15, -0.1) is 0 Å². The first kappa shape index (κ1) is 21.6. The number of nitrogens with one attached hydrogen (secondary N) is 1. The van der Waals surface area contributed by atoms with E-state index in [9.17, 15) is 19.8 Å². The molecule has 3 N–H and O–H groups in total. The average molecular weight is 415 g/mol. The van der Waals surface area contributed by atoms with Gasteiger partial charge in [0.05, 0.1) is 6.33 Å². The quantitative estimate of drug-likeness (QED) is 0.339. The molecule has 9 nitrogen and oxygen atoms in total. The van der Waals surface area contributed by atoms with Gasteiger partial charge in [0.15, 0.2) is 22.7 Å². The number of aromatic hydroxyl groups is 2. The van der Waals surface area contributed by atoms with E-state index in [0.29, 0.717) is 17.7 Å². The van der Waals surface area contributed by atoms with E-state index in [1.165, 1.54) is 17.7 Å². The van der Waals surface area contributed by atoms with Crippen LogP contribution in [0.3, 0.4) is 0 Å². The monoisotopic (exact) mass is 415 g/mol. The smallest absolute Gasteiger partial charge is 0.332 e. The molecule has 0 radical (unpaired) electrons. The summed E-state index contributed by atoms with van der Waals surface area (Å²) in [6.45, 7) is 2.49. The summed E-state index contributed by atoms with van der Waals surface area (Å²) < 4.78 is 4.35. The van der Waals surface area contributed by atoms with E-state index < -0.39 is 0 Å². The summed E-state index contributed by atoms with van der Waals surface area (Å²) in [6, 6.07) is 4.93. The molecule has 0 unspecified atom stereocenters. The molecular weight excluding hydrogens is 386 g/mol. The zero-order chi connectivity index (χ0) is 21.7. The number of phenols is 2. The van der Waals surface area contributed by atoms with E-state index in [1.54, 1.807) is 19.4 Å². The lowest BCUT2D eigenvalue weighted by Crippen LogP contribution is -2.37. The van der Waals surface area contributed by atoms with E-state index in [4.69, 9.17) is 0 Å². The average Bonchev–Trinajstić information content (AvgIpc) is 3.16. The van der Waals surface area contributed by atoms with Gasteiger partial charge in [0.25, 0.3) is 5.56 Å². The number of rotatable bonds is 10. The van der Waals surface area contributed by atoms with Gasteiger partial charge in [0.2, 0.25) is 0 Å². The molecular formula is C21H29N5O4. The molecule has 0 spiro atoms. The first-order valence-corrected chi connectivity index (χ1v) is 10.2. The molecule has 0 bridgehead atoms. The van der Waals surface area contributed by atoms with Crippen LogP contribution in [-0.2, 0) is 27.1 Å². The lowest BCUT2D eigenvalue weighted by atomic mass is 10.1. The van der Waals surface area contributed by atoms with Crippen molar-refractivity contribution in [3.63, 3.8) is 0 Å². The number of hydrogen-bond acceptors (Lipinski definition) is 6. The maximum Gasteiger partial charge on any atom is 0.332 e. The molecule has 0 aliphatic heterocycles. The number of unbranched alkanes of at least 4 members (excludes halogenated alkanes) is 2. The summed E-state index contributed by atoms with van der Waals surface area (Å²) in [6.07, 6.45) is 6.39. The van der Waals surface area contributed by atoms with Gasteiger partial charge in [0, 0.05) is 20.6 Å². The van der Waals surface area contributed by atoms with Crippen molar-refractivity contribution in [2.45, 2.75) is 38.6 Å². The van der Waals surface area contributed by atoms with Crippen molar-refractivity contribution in [1.82, 2.24) is 24.0 Å². The molecule has 30 heavy (non-hydrogen) atoms. The Morgan fingerprint density at radius 2 is 1.73 bits per heavy atom. The number of hydrogen-bond donors (Lipinski definition) is 3. The van der Waals surface area contributed by atoms with Gasteiger partial charge in [-0.3, -0.25) is 13.9 Å². The largest absolute Gasteiger partial charge is 0.504 e. The highest BCUT2D eigenvalue weighted by Gasteiger charge is 2.13. The molecule has 3 aromatic rings. The van der Waals surface area contributed by atoms with Gasteiger partial charge in [0.1, 0.15) is 0 Å². The van der Waals surface area contributed by atoms with Crippen molar-refractivity contribution in [3.05, 3.63) is 50.9 Å². The number of fused-ring (bicyclic) bond motifs is 1. The molecule has 0 amide bonds. The SMILES string of the molecule is Cn1c(=O)c2c(ncn2CCCCCNCCCc2ccc(O)c(O)c2)n(C)c1=O. The van der Waals surface area contributed by atoms with Crippen LogP contribution in [0.2, 0.25) is 0 Å². The molecule has 162 valence electrons. The van der Waals surface area contributed by atoms with Crippen molar-refractivity contribution in [3.8, 4) is 11.5 Å². The predicted molar refractivity (Wildman–Crippen MR) is 115 cm³/mol. The van der Waals surface area contributed by atoms with Crippen LogP contribution in [0.15, 0.2) is 34.1 Å². The predicted octanol–water partition coefficient (Wildman–Crippen LogP) is 1.24. The second kappa shape index (κ2) is 9.62. The molecule has 0 saturated carbocycles. The van der Waals surface area contributed by atoms with E-state index in [2.05, 4.69) is 10.3 Å². The number of aryl methyl sites for hydroxylation is 3. The van der Waals surface area contributed by atoms with Gasteiger partial charge in [-0.1, -0.05) is 12.5 Å². The summed E-state index contributed by atoms with van der Waals surface area (Å²) in [5, 5.41) is 22.2. The van der Waals surface area contributed by atoms with Crippen LogP contribution in [0.25, 0.3) is 11.2 Å². The Bertz CT molecular complexity index is 1130. The van der Waals surface area contributed by atoms with Crippen LogP contribution in [0, 0.1) is 0 Å². The lowest BCUT2D eigenvalue weighted by Gasteiger charge is -2.08. The molecule has 0 atom stereocenters. The molecule has 9 heteroatoms. The Balaban J connectivity index is 1.36. The Labute approximate surface area is 174 Å². The zero-order valence-corrected chi connectivity index (χ0v) is 17.5. The van der Waals surface area contributed by atoms with Gasteiger partial charge >= 0.3 is 5.69 Å². The second-order valence-corrected chi connectivity index (χ2v) is 7.55. The minimum atomic E-state index is -0.369. The molecule has 0 saturated heterocycles. The number of imidazole rings is 1. The fraction of sp³-hybridized carbons (Fsp3) is 0.476. The minimum Gasteiger partial charge on any atom is -0.504 e. The van der Waals surface area contributed by atoms with Crippen molar-refractivity contribution in [2.75, 3.05) is 13.1 Å². The molecule has 3 rings (SSSR count). The Morgan fingerprint density at radius 3 is 2.50 bits per heavy atom. The van der Waals surface area contributed by atoms with E-state index in [-0.39, 0.29) is 22.7 Å². The third-order valence-corrected chi connectivity index (χ3v) is 5.33. The van der Waals surface area contributed by atoms with Gasteiger partial charge in [-0.25, -0.2) is 9.78 Å². The Kier molecular flexibility index (Phi) is 6.94. The molecule has 0 aliphatic rings. The summed E-state index contributed by atoms with van der Waals surface area (Å²) in [7, 11) is 3.11. The highest BCUT2D eigenvalue weighted by atomic mass is 16.3. The topological polar surface area (TPSA) is 114 Å². The summed E-state index contributed by atoms with van der Waals surface area (Å²) in [5.41, 5.74) is 1.22. The van der Waals surface area contributed by atoms with Gasteiger partial charge < -0.3 is 20.1 Å². The van der Waals surface area contributed by atoms with Gasteiger partial charge in [-0.05, 0) is 56.5 Å². The van der Waals surface area contributed by atoms with Crippen LogP contribution < -0.4 is 16.6 Å². The molecule has 2 heterocycles. The summed E-state index contributed by atoms with van der Waals surface area (Å²) in [5.74, 6) is -0.170. The van der Waals surface area contributed by atoms with Crippen LogP contribution in [0.4, 0.5) is 0 Å². The maximum atomic E-state index is 12.4. The standard InChI is InChI=1S/C21H29N5O4/c1-24-19-18(20(29)25(2)21(24)30)26(14-23-19)12-5-3-4-10-22-11-6-7-15-8-9-16(27)17(28)13-15/h8-9,13-14,22,27-28H,3-7,10-12H2,1-2H3. The van der Waals surface area contributed by atoms with Crippen LogP contribution >= 0.6 is 0 Å². The number of aromatic nitrogens is 4. The van der Waals surface area contributed by atoms with Crippen molar-refractivity contribution < 1.29 is 10.2 Å². The fourth-order valence-corrected chi connectivity index (χ4v) is 3.54. The Morgan fingerprint density at radius 1 is 0.967 bits per heavy atom. The highest BCUT2D eigenvalue weighted by molar-refractivity contribution is 5.69. The number of benzene rings is 1. The maximum absolute atomic E-state index is 12.4. The molecule has 2 aromatic heterocycles. The van der Waals surface area contributed by atoms with Crippen molar-refractivity contribution >= 4 is 11.2 Å². The van der Waals surface area contributed by atoms with Gasteiger partial charge in [-0.2, -0.15) is 0 Å². The van der Waals surface area contributed by atoms with Crippen molar-refractivity contribution in [1.29, 1.82) is 0 Å². The van der Waals surface area contributed by atoms with E-state index in [1.807, 2.05) is 10.6 Å². The van der Waals surface area contributed by atoms with E-state index >= 15 is 0 Å². The first-order valence-electron chi connectivity index (χ1n) is 10.2. The highest BCUT2D eigenvalue weighted by Crippen LogP contribution is 2.25. The second-order valence-electron chi connectivity index (χ2n) is 7.55. The number of nitrogens with zero attached hydrogens (tertiary/aromatic N) is 4. The fourth-order valence-electron chi connectivity index (χ4n) is 3.54. The van der Waals surface area contributed by atoms with E-state index in [0.717, 1.165) is 55.3 Å². The Hall–Kier alpha value is -3.07. The third kappa shape index (κ3) is 4.73. The molecule has 0 aliphatic carbocycles. The molecule has 1 aromatic carbocycles. The first-order chi connectivity index (χ1) is 14.4. The molecule has 0 fully saturated rings. The normalized spacial score (nSPS) is 11.4.